The predicted molar refractivity (Wildman–Crippen MR) is 66.3 cm³/mol. The van der Waals surface area contributed by atoms with Crippen molar-refractivity contribution in [2.24, 2.45) is 7.05 Å². The highest BCUT2D eigenvalue weighted by atomic mass is 32.2. The normalized spacial score (nSPS) is 11.6. The van der Waals surface area contributed by atoms with Gasteiger partial charge in [-0.3, -0.25) is 4.68 Å². The SMILES string of the molecule is Cn1cnc(CNS(=O)(=O)c2ccsc2C(=O)O)n1. The highest BCUT2D eigenvalue weighted by molar-refractivity contribution is 7.89. The summed E-state index contributed by atoms with van der Waals surface area (Å²) in [7, 11) is -2.23. The number of carboxylic acids is 1. The van der Waals surface area contributed by atoms with Gasteiger partial charge < -0.3 is 5.11 Å². The Morgan fingerprint density at radius 2 is 2.32 bits per heavy atom. The van der Waals surface area contributed by atoms with Crippen LogP contribution >= 0.6 is 11.3 Å². The molecule has 19 heavy (non-hydrogen) atoms. The van der Waals surface area contributed by atoms with Gasteiger partial charge in [0, 0.05) is 7.05 Å². The topological polar surface area (TPSA) is 114 Å². The van der Waals surface area contributed by atoms with Crippen molar-refractivity contribution >= 4 is 27.3 Å². The largest absolute Gasteiger partial charge is 0.477 e. The number of aryl methyl sites for hydroxylation is 1. The molecule has 2 aromatic rings. The van der Waals surface area contributed by atoms with Crippen molar-refractivity contribution < 1.29 is 18.3 Å². The van der Waals surface area contributed by atoms with E-state index in [-0.39, 0.29) is 16.3 Å². The predicted octanol–water partition coefficient (Wildman–Crippen LogP) is 0.0533. The number of nitrogens with zero attached hydrogens (tertiary/aromatic N) is 3. The van der Waals surface area contributed by atoms with Crippen molar-refractivity contribution in [2.75, 3.05) is 0 Å². The fourth-order valence-electron chi connectivity index (χ4n) is 1.37. The molecule has 0 saturated heterocycles. The maximum absolute atomic E-state index is 12.0. The first-order chi connectivity index (χ1) is 8.90. The van der Waals surface area contributed by atoms with E-state index in [1.54, 1.807) is 7.05 Å². The van der Waals surface area contributed by atoms with Gasteiger partial charge in [-0.05, 0) is 11.4 Å². The van der Waals surface area contributed by atoms with Crippen molar-refractivity contribution in [2.45, 2.75) is 11.4 Å². The summed E-state index contributed by atoms with van der Waals surface area (Å²) in [5.74, 6) is -0.968. The highest BCUT2D eigenvalue weighted by Gasteiger charge is 2.23. The first-order valence-electron chi connectivity index (χ1n) is 5.05. The van der Waals surface area contributed by atoms with Gasteiger partial charge in [-0.2, -0.15) is 5.10 Å². The van der Waals surface area contributed by atoms with E-state index >= 15 is 0 Å². The Balaban J connectivity index is 2.18. The molecule has 0 amide bonds. The lowest BCUT2D eigenvalue weighted by atomic mass is 10.5. The van der Waals surface area contributed by atoms with E-state index in [1.165, 1.54) is 22.5 Å². The van der Waals surface area contributed by atoms with Crippen LogP contribution in [0.5, 0.6) is 0 Å². The molecular weight excluding hydrogens is 292 g/mol. The Morgan fingerprint density at radius 3 is 2.89 bits per heavy atom. The van der Waals surface area contributed by atoms with Crippen LogP contribution in [-0.4, -0.2) is 34.3 Å². The van der Waals surface area contributed by atoms with Gasteiger partial charge in [0.25, 0.3) is 0 Å². The molecule has 0 aliphatic heterocycles. The van der Waals surface area contributed by atoms with Gasteiger partial charge in [0.15, 0.2) is 5.82 Å². The van der Waals surface area contributed by atoms with Crippen LogP contribution in [0.3, 0.4) is 0 Å². The molecule has 0 spiro atoms. The number of carboxylic acid groups (broad SMARTS) is 1. The molecule has 10 heteroatoms. The van der Waals surface area contributed by atoms with Gasteiger partial charge in [0.2, 0.25) is 10.0 Å². The number of aromatic nitrogens is 3. The van der Waals surface area contributed by atoms with Crippen LogP contribution in [0.2, 0.25) is 0 Å². The third-order valence-electron chi connectivity index (χ3n) is 2.18. The number of sulfonamides is 1. The van der Waals surface area contributed by atoms with Gasteiger partial charge in [-0.1, -0.05) is 0 Å². The Hall–Kier alpha value is -1.78. The first kappa shape index (κ1) is 13.6. The molecule has 0 aliphatic carbocycles. The summed E-state index contributed by atoms with van der Waals surface area (Å²) in [5, 5.41) is 14.2. The monoisotopic (exact) mass is 302 g/mol. The Kier molecular flexibility index (Phi) is 3.64. The fourth-order valence-corrected chi connectivity index (χ4v) is 3.61. The summed E-state index contributed by atoms with van der Waals surface area (Å²) >= 11 is 0.856. The lowest BCUT2D eigenvalue weighted by Gasteiger charge is -2.03. The Labute approximate surface area is 112 Å². The van der Waals surface area contributed by atoms with Crippen LogP contribution in [0, 0.1) is 0 Å². The van der Waals surface area contributed by atoms with E-state index < -0.39 is 16.0 Å². The van der Waals surface area contributed by atoms with Gasteiger partial charge in [-0.25, -0.2) is 22.9 Å². The molecule has 2 rings (SSSR count). The lowest BCUT2D eigenvalue weighted by Crippen LogP contribution is -2.25. The zero-order chi connectivity index (χ0) is 14.0. The van der Waals surface area contributed by atoms with E-state index in [2.05, 4.69) is 14.8 Å². The quantitative estimate of drug-likeness (QED) is 0.807. The van der Waals surface area contributed by atoms with E-state index in [4.69, 9.17) is 5.11 Å². The third-order valence-corrected chi connectivity index (χ3v) is 4.66. The Morgan fingerprint density at radius 1 is 1.58 bits per heavy atom. The summed E-state index contributed by atoms with van der Waals surface area (Å²) in [6.45, 7) is -0.0991. The molecule has 0 saturated carbocycles. The molecule has 0 aromatic carbocycles. The zero-order valence-corrected chi connectivity index (χ0v) is 11.4. The summed E-state index contributed by atoms with van der Waals surface area (Å²) in [6.07, 6.45) is 1.44. The fraction of sp³-hybridized carbons (Fsp3) is 0.222. The van der Waals surface area contributed by atoms with Gasteiger partial charge in [0.05, 0.1) is 6.54 Å². The molecule has 2 N–H and O–H groups in total. The van der Waals surface area contributed by atoms with Crippen LogP contribution in [0.15, 0.2) is 22.7 Å². The second-order valence-electron chi connectivity index (χ2n) is 3.58. The minimum absolute atomic E-state index is 0.0991. The number of thiophene rings is 1. The van der Waals surface area contributed by atoms with Crippen LogP contribution in [0.4, 0.5) is 0 Å². The molecule has 8 nitrogen and oxygen atoms in total. The minimum atomic E-state index is -3.89. The van der Waals surface area contributed by atoms with Crippen molar-refractivity contribution in [3.05, 3.63) is 28.5 Å². The number of rotatable bonds is 5. The number of carbonyl (C=O) groups is 1. The van der Waals surface area contributed by atoms with Crippen molar-refractivity contribution in [1.82, 2.24) is 19.5 Å². The van der Waals surface area contributed by atoms with Crippen LogP contribution in [0.25, 0.3) is 0 Å². The Bertz CT molecular complexity index is 703. The van der Waals surface area contributed by atoms with Crippen LogP contribution in [0.1, 0.15) is 15.5 Å². The van der Waals surface area contributed by atoms with E-state index in [0.29, 0.717) is 5.82 Å². The highest BCUT2D eigenvalue weighted by Crippen LogP contribution is 2.21. The maximum Gasteiger partial charge on any atom is 0.347 e. The number of hydrogen-bond acceptors (Lipinski definition) is 6. The number of aromatic carboxylic acids is 1. The average Bonchev–Trinajstić information content (AvgIpc) is 2.94. The summed E-state index contributed by atoms with van der Waals surface area (Å²) in [6, 6.07) is 1.25. The van der Waals surface area contributed by atoms with E-state index in [0.717, 1.165) is 11.3 Å². The van der Waals surface area contributed by atoms with Gasteiger partial charge >= 0.3 is 5.97 Å². The van der Waals surface area contributed by atoms with Crippen LogP contribution in [-0.2, 0) is 23.6 Å². The summed E-state index contributed by atoms with van der Waals surface area (Å²) < 4.78 is 27.6. The van der Waals surface area contributed by atoms with Crippen molar-refractivity contribution in [1.29, 1.82) is 0 Å². The molecule has 0 fully saturated rings. The average molecular weight is 302 g/mol. The standard InChI is InChI=1S/C9H10N4O4S2/c1-13-5-10-7(12-13)4-11-19(16,17)6-2-3-18-8(6)9(14)15/h2-3,5,11H,4H2,1H3,(H,14,15). The van der Waals surface area contributed by atoms with Crippen molar-refractivity contribution in [3.8, 4) is 0 Å². The van der Waals surface area contributed by atoms with Gasteiger partial charge in [-0.15, -0.1) is 11.3 Å². The molecule has 0 atom stereocenters. The second-order valence-corrected chi connectivity index (χ2v) is 6.23. The van der Waals surface area contributed by atoms with Crippen LogP contribution < -0.4 is 4.72 Å². The minimum Gasteiger partial charge on any atom is -0.477 e. The molecule has 2 heterocycles. The lowest BCUT2D eigenvalue weighted by molar-refractivity contribution is 0.0698. The van der Waals surface area contributed by atoms with E-state index in [1.807, 2.05) is 0 Å². The first-order valence-corrected chi connectivity index (χ1v) is 7.41. The second kappa shape index (κ2) is 5.07. The summed E-state index contributed by atoms with van der Waals surface area (Å²) in [5.41, 5.74) is 0. The molecule has 102 valence electrons. The molecular formula is C9H10N4O4S2. The molecule has 0 aliphatic rings. The summed E-state index contributed by atoms with van der Waals surface area (Å²) in [4.78, 5) is 14.3. The van der Waals surface area contributed by atoms with Crippen molar-refractivity contribution in [3.63, 3.8) is 0 Å². The molecule has 0 radical (unpaired) electrons. The molecule has 2 aromatic heterocycles. The third kappa shape index (κ3) is 2.97. The molecule has 0 unspecified atom stereocenters. The van der Waals surface area contributed by atoms with E-state index in [9.17, 15) is 13.2 Å². The zero-order valence-electron chi connectivity index (χ0n) is 9.77. The van der Waals surface area contributed by atoms with Gasteiger partial charge in [0.1, 0.15) is 16.1 Å². The number of hydrogen-bond donors (Lipinski definition) is 2. The molecule has 0 bridgehead atoms. The number of nitrogens with one attached hydrogen (secondary N) is 1. The maximum atomic E-state index is 12.0. The smallest absolute Gasteiger partial charge is 0.347 e.